The van der Waals surface area contributed by atoms with Gasteiger partial charge in [-0.05, 0) is 19.8 Å². The second-order valence-electron chi connectivity index (χ2n) is 4.45. The van der Waals surface area contributed by atoms with Gasteiger partial charge in [0.15, 0.2) is 0 Å². The number of aryl methyl sites for hydroxylation is 2. The van der Waals surface area contributed by atoms with Crippen molar-refractivity contribution in [3.8, 4) is 0 Å². The molecule has 1 rings (SSSR count). The Morgan fingerprint density at radius 3 is 2.29 bits per heavy atom. The fraction of sp³-hybridized carbons (Fsp3) is 0.750. The summed E-state index contributed by atoms with van der Waals surface area (Å²) < 4.78 is 1.70. The number of hydrogen-bond donors (Lipinski definition) is 1. The molecule has 0 amide bonds. The van der Waals surface area contributed by atoms with Crippen LogP contribution in [-0.4, -0.2) is 21.2 Å². The first-order valence-corrected chi connectivity index (χ1v) is 6.90. The molecule has 1 aromatic heterocycles. The molecular weight excluding hydrogens is 257 g/mol. The lowest BCUT2D eigenvalue weighted by Gasteiger charge is -2.30. The van der Waals surface area contributed by atoms with E-state index in [0.717, 1.165) is 24.1 Å². The van der Waals surface area contributed by atoms with Crippen molar-refractivity contribution in [1.82, 2.24) is 15.1 Å². The maximum Gasteiger partial charge on any atom is 0.131 e. The molecule has 0 saturated carbocycles. The maximum atomic E-state index is 6.20. The van der Waals surface area contributed by atoms with Crippen LogP contribution >= 0.6 is 23.2 Å². The first-order valence-electron chi connectivity index (χ1n) is 5.98. The van der Waals surface area contributed by atoms with Crippen LogP contribution < -0.4 is 5.32 Å². The lowest BCUT2D eigenvalue weighted by molar-refractivity contribution is 0.334. The smallest absolute Gasteiger partial charge is 0.131 e. The third-order valence-electron chi connectivity index (χ3n) is 3.52. The molecule has 1 N–H and O–H groups in total. The van der Waals surface area contributed by atoms with Gasteiger partial charge in [0.25, 0.3) is 0 Å². The summed E-state index contributed by atoms with van der Waals surface area (Å²) in [6.45, 7) is 6.99. The molecule has 1 heterocycles. The largest absolute Gasteiger partial charge is 0.306 e. The van der Waals surface area contributed by atoms with Gasteiger partial charge >= 0.3 is 0 Å². The minimum atomic E-state index is -0.00678. The van der Waals surface area contributed by atoms with Gasteiger partial charge in [-0.2, -0.15) is 5.10 Å². The van der Waals surface area contributed by atoms with E-state index in [1.807, 2.05) is 14.0 Å². The van der Waals surface area contributed by atoms with Gasteiger partial charge in [0.1, 0.15) is 5.15 Å². The third-order valence-corrected chi connectivity index (χ3v) is 4.50. The highest BCUT2D eigenvalue weighted by Crippen LogP contribution is 2.22. The number of hydrogen-bond acceptors (Lipinski definition) is 2. The Kier molecular flexibility index (Phi) is 5.29. The average Bonchev–Trinajstić information content (AvgIpc) is 2.57. The standard InChI is InChI=1S/C12H21Cl2N3/c1-5-12(6-2,8-13)15-7-10-9(3)16-17(4)11(10)14/h15H,5-8H2,1-4H3. The summed E-state index contributed by atoms with van der Waals surface area (Å²) in [4.78, 5) is 0. The molecule has 17 heavy (non-hydrogen) atoms. The zero-order valence-corrected chi connectivity index (χ0v) is 12.5. The second kappa shape index (κ2) is 6.07. The van der Waals surface area contributed by atoms with Gasteiger partial charge in [-0.3, -0.25) is 4.68 Å². The highest BCUT2D eigenvalue weighted by Gasteiger charge is 2.25. The van der Waals surface area contributed by atoms with Crippen molar-refractivity contribution in [2.45, 2.75) is 45.7 Å². The summed E-state index contributed by atoms with van der Waals surface area (Å²) >= 11 is 12.3. The number of aromatic nitrogens is 2. The summed E-state index contributed by atoms with van der Waals surface area (Å²) in [5.74, 6) is 0.608. The Bertz CT molecular complexity index is 362. The molecule has 0 spiro atoms. The molecule has 98 valence electrons. The molecule has 0 aliphatic carbocycles. The zero-order valence-electron chi connectivity index (χ0n) is 11.0. The summed E-state index contributed by atoms with van der Waals surface area (Å²) in [7, 11) is 1.85. The van der Waals surface area contributed by atoms with Crippen molar-refractivity contribution in [2.75, 3.05) is 5.88 Å². The zero-order chi connectivity index (χ0) is 13.1. The molecular formula is C12H21Cl2N3. The molecule has 0 aromatic carbocycles. The Morgan fingerprint density at radius 1 is 1.35 bits per heavy atom. The molecule has 3 nitrogen and oxygen atoms in total. The van der Waals surface area contributed by atoms with Crippen LogP contribution in [0.5, 0.6) is 0 Å². The quantitative estimate of drug-likeness (QED) is 0.809. The van der Waals surface area contributed by atoms with Crippen LogP contribution in [0.4, 0.5) is 0 Å². The Morgan fingerprint density at radius 2 is 1.94 bits per heavy atom. The van der Waals surface area contributed by atoms with Crippen LogP contribution in [0, 0.1) is 6.92 Å². The Balaban J connectivity index is 2.79. The molecule has 0 aliphatic heterocycles. The van der Waals surface area contributed by atoms with E-state index >= 15 is 0 Å². The number of halogens is 2. The lowest BCUT2D eigenvalue weighted by Crippen LogP contribution is -2.45. The third kappa shape index (κ3) is 3.15. The number of nitrogens with zero attached hydrogens (tertiary/aromatic N) is 2. The normalized spacial score (nSPS) is 12.1. The number of nitrogens with one attached hydrogen (secondary N) is 1. The van der Waals surface area contributed by atoms with Crippen LogP contribution in [0.2, 0.25) is 5.15 Å². The van der Waals surface area contributed by atoms with Gasteiger partial charge in [0, 0.05) is 30.6 Å². The van der Waals surface area contributed by atoms with Gasteiger partial charge in [-0.15, -0.1) is 11.6 Å². The van der Waals surface area contributed by atoms with Crippen molar-refractivity contribution < 1.29 is 0 Å². The Hall–Kier alpha value is -0.250. The molecule has 0 fully saturated rings. The van der Waals surface area contributed by atoms with E-state index in [-0.39, 0.29) is 5.54 Å². The minimum Gasteiger partial charge on any atom is -0.306 e. The Labute approximate surface area is 113 Å². The van der Waals surface area contributed by atoms with E-state index in [1.165, 1.54) is 0 Å². The van der Waals surface area contributed by atoms with Crippen molar-refractivity contribution in [3.63, 3.8) is 0 Å². The summed E-state index contributed by atoms with van der Waals surface area (Å²) in [6, 6.07) is 0. The molecule has 0 saturated heterocycles. The summed E-state index contributed by atoms with van der Waals surface area (Å²) in [5, 5.41) is 8.52. The monoisotopic (exact) mass is 277 g/mol. The van der Waals surface area contributed by atoms with Crippen molar-refractivity contribution in [2.24, 2.45) is 7.05 Å². The first-order chi connectivity index (χ1) is 7.99. The summed E-state index contributed by atoms with van der Waals surface area (Å²) in [6.07, 6.45) is 2.01. The van der Waals surface area contributed by atoms with Crippen molar-refractivity contribution >= 4 is 23.2 Å². The highest BCUT2D eigenvalue weighted by atomic mass is 35.5. The number of alkyl halides is 1. The van der Waals surface area contributed by atoms with Crippen LogP contribution in [0.1, 0.15) is 37.9 Å². The molecule has 0 atom stereocenters. The maximum absolute atomic E-state index is 6.20. The minimum absolute atomic E-state index is 0.00678. The molecule has 0 bridgehead atoms. The SMILES string of the molecule is CCC(CC)(CCl)NCc1c(C)nn(C)c1Cl. The predicted molar refractivity (Wildman–Crippen MR) is 73.8 cm³/mol. The number of rotatable bonds is 6. The van der Waals surface area contributed by atoms with E-state index in [2.05, 4.69) is 24.3 Å². The lowest BCUT2D eigenvalue weighted by atomic mass is 9.95. The fourth-order valence-corrected chi connectivity index (χ4v) is 2.60. The van der Waals surface area contributed by atoms with Crippen LogP contribution in [0.15, 0.2) is 0 Å². The molecule has 5 heteroatoms. The van der Waals surface area contributed by atoms with E-state index < -0.39 is 0 Å². The van der Waals surface area contributed by atoms with E-state index in [0.29, 0.717) is 17.6 Å². The van der Waals surface area contributed by atoms with Gasteiger partial charge in [0.05, 0.1) is 5.69 Å². The fourth-order valence-electron chi connectivity index (χ4n) is 1.89. The van der Waals surface area contributed by atoms with Gasteiger partial charge in [-0.1, -0.05) is 25.4 Å². The predicted octanol–water partition coefficient (Wildman–Crippen LogP) is 3.27. The van der Waals surface area contributed by atoms with Crippen LogP contribution in [-0.2, 0) is 13.6 Å². The van der Waals surface area contributed by atoms with Crippen LogP contribution in [0.3, 0.4) is 0 Å². The molecule has 0 aliphatic rings. The summed E-state index contributed by atoms with van der Waals surface area (Å²) in [5.41, 5.74) is 2.03. The van der Waals surface area contributed by atoms with E-state index in [1.54, 1.807) is 4.68 Å². The van der Waals surface area contributed by atoms with Crippen LogP contribution in [0.25, 0.3) is 0 Å². The van der Waals surface area contributed by atoms with Gasteiger partial charge in [-0.25, -0.2) is 0 Å². The molecule has 0 unspecified atom stereocenters. The molecule has 0 radical (unpaired) electrons. The van der Waals surface area contributed by atoms with Gasteiger partial charge in [0.2, 0.25) is 0 Å². The first kappa shape index (κ1) is 14.8. The van der Waals surface area contributed by atoms with E-state index in [9.17, 15) is 0 Å². The molecule has 1 aromatic rings. The second-order valence-corrected chi connectivity index (χ2v) is 5.08. The van der Waals surface area contributed by atoms with E-state index in [4.69, 9.17) is 23.2 Å². The topological polar surface area (TPSA) is 29.9 Å². The van der Waals surface area contributed by atoms with Crippen molar-refractivity contribution in [3.05, 3.63) is 16.4 Å². The average molecular weight is 278 g/mol. The van der Waals surface area contributed by atoms with Gasteiger partial charge < -0.3 is 5.32 Å². The van der Waals surface area contributed by atoms with Crippen molar-refractivity contribution in [1.29, 1.82) is 0 Å². The highest BCUT2D eigenvalue weighted by molar-refractivity contribution is 6.30.